The summed E-state index contributed by atoms with van der Waals surface area (Å²) in [4.78, 5) is 4.19. The minimum Gasteiger partial charge on any atom is -0.382 e. The maximum atomic E-state index is 9.43. The third kappa shape index (κ3) is 5.17. The van der Waals surface area contributed by atoms with Gasteiger partial charge >= 0.3 is 0 Å². The summed E-state index contributed by atoms with van der Waals surface area (Å²) in [5.74, 6) is 2.20. The molecule has 0 saturated carbocycles. The van der Waals surface area contributed by atoms with Crippen molar-refractivity contribution >= 4 is 23.5 Å². The average molecular weight is 372 g/mol. The molecule has 138 valence electrons. The number of aliphatic imine (C=N–C) groups is 1. The van der Waals surface area contributed by atoms with Gasteiger partial charge in [-0.25, -0.2) is 4.68 Å². The number of hydrogen-bond acceptors (Lipinski definition) is 5. The van der Waals surface area contributed by atoms with Gasteiger partial charge < -0.3 is 16.4 Å². The Balaban J connectivity index is 1.95. The summed E-state index contributed by atoms with van der Waals surface area (Å²) < 4.78 is 1.63. The van der Waals surface area contributed by atoms with Gasteiger partial charge in [0.1, 0.15) is 17.5 Å². The van der Waals surface area contributed by atoms with Crippen LogP contribution in [0.5, 0.6) is 0 Å². The van der Waals surface area contributed by atoms with Gasteiger partial charge in [-0.15, -0.1) is 0 Å². The van der Waals surface area contributed by atoms with Crippen molar-refractivity contribution in [1.29, 1.82) is 5.26 Å². The van der Waals surface area contributed by atoms with E-state index in [2.05, 4.69) is 33.0 Å². The van der Waals surface area contributed by atoms with Gasteiger partial charge in [-0.1, -0.05) is 18.2 Å². The molecule has 0 aliphatic rings. The molecule has 0 spiro atoms. The van der Waals surface area contributed by atoms with E-state index in [0.717, 1.165) is 42.6 Å². The minimum atomic E-state index is 0.385. The number of benzene rings is 1. The largest absolute Gasteiger partial charge is 0.382 e. The SMILES string of the molecule is CN=C(NCCCc1nn(-c2ccccc2)c(N)c1C#N)NCCSC. The second-order valence-corrected chi connectivity index (χ2v) is 6.57. The molecular weight excluding hydrogens is 346 g/mol. The molecule has 7 nitrogen and oxygen atoms in total. The highest BCUT2D eigenvalue weighted by Gasteiger charge is 2.16. The number of nitrogens with one attached hydrogen (secondary N) is 2. The van der Waals surface area contributed by atoms with Gasteiger partial charge in [0.25, 0.3) is 0 Å². The van der Waals surface area contributed by atoms with Gasteiger partial charge in [-0.05, 0) is 31.2 Å². The number of guanidine groups is 1. The molecule has 1 aromatic carbocycles. The molecule has 2 aromatic rings. The monoisotopic (exact) mass is 371 g/mol. The Labute approximate surface area is 158 Å². The number of nitrogens with two attached hydrogens (primary N) is 1. The first-order valence-corrected chi connectivity index (χ1v) is 9.87. The van der Waals surface area contributed by atoms with Crippen molar-refractivity contribution < 1.29 is 0 Å². The number of nitrogen functional groups attached to an aromatic ring is 1. The van der Waals surface area contributed by atoms with Crippen molar-refractivity contribution in [2.24, 2.45) is 4.99 Å². The zero-order valence-electron chi connectivity index (χ0n) is 15.2. The fourth-order valence-electron chi connectivity index (χ4n) is 2.50. The van der Waals surface area contributed by atoms with Crippen LogP contribution < -0.4 is 16.4 Å². The summed E-state index contributed by atoms with van der Waals surface area (Å²) in [7, 11) is 1.75. The van der Waals surface area contributed by atoms with Crippen molar-refractivity contribution in [3.8, 4) is 11.8 Å². The highest BCUT2D eigenvalue weighted by atomic mass is 32.2. The van der Waals surface area contributed by atoms with E-state index in [1.54, 1.807) is 23.5 Å². The van der Waals surface area contributed by atoms with Crippen LogP contribution in [0.4, 0.5) is 5.82 Å². The van der Waals surface area contributed by atoms with E-state index in [0.29, 0.717) is 17.8 Å². The Morgan fingerprint density at radius 2 is 2.04 bits per heavy atom. The van der Waals surface area contributed by atoms with Crippen LogP contribution in [-0.4, -0.2) is 47.9 Å². The molecule has 1 heterocycles. The van der Waals surface area contributed by atoms with Crippen LogP contribution in [0.15, 0.2) is 35.3 Å². The molecule has 0 bridgehead atoms. The number of aryl methyl sites for hydroxylation is 1. The Morgan fingerprint density at radius 3 is 2.69 bits per heavy atom. The lowest BCUT2D eigenvalue weighted by Gasteiger charge is -2.10. The molecule has 0 unspecified atom stereocenters. The molecule has 26 heavy (non-hydrogen) atoms. The highest BCUT2D eigenvalue weighted by Crippen LogP contribution is 2.21. The number of aromatic nitrogens is 2. The normalized spacial score (nSPS) is 11.2. The van der Waals surface area contributed by atoms with Crippen LogP contribution in [0.25, 0.3) is 5.69 Å². The molecule has 0 amide bonds. The first-order chi connectivity index (χ1) is 12.7. The zero-order chi connectivity index (χ0) is 18.8. The molecule has 2 rings (SSSR count). The van der Waals surface area contributed by atoms with Gasteiger partial charge in [0.15, 0.2) is 5.96 Å². The van der Waals surface area contributed by atoms with Crippen LogP contribution in [-0.2, 0) is 6.42 Å². The number of thioether (sulfide) groups is 1. The standard InChI is InChI=1S/C18H25N7S/c1-21-18(23-11-12-26-2)22-10-6-9-16-15(13-19)17(20)25(24-16)14-7-4-3-5-8-14/h3-5,7-8H,6,9-12,20H2,1-2H3,(H2,21,22,23). The van der Waals surface area contributed by atoms with E-state index in [1.165, 1.54) is 0 Å². The molecule has 1 aromatic heterocycles. The summed E-state index contributed by atoms with van der Waals surface area (Å²) in [6.45, 7) is 1.61. The van der Waals surface area contributed by atoms with E-state index < -0.39 is 0 Å². The Hall–Kier alpha value is -2.66. The summed E-state index contributed by atoms with van der Waals surface area (Å²) in [6, 6.07) is 11.8. The third-order valence-electron chi connectivity index (χ3n) is 3.81. The number of nitrogens with zero attached hydrogens (tertiary/aromatic N) is 4. The summed E-state index contributed by atoms with van der Waals surface area (Å²) >= 11 is 1.79. The first kappa shape index (κ1) is 19.7. The molecule has 0 aliphatic heterocycles. The van der Waals surface area contributed by atoms with Crippen molar-refractivity contribution in [2.45, 2.75) is 12.8 Å². The topological polar surface area (TPSA) is 104 Å². The van der Waals surface area contributed by atoms with Gasteiger partial charge in [-0.3, -0.25) is 4.99 Å². The van der Waals surface area contributed by atoms with Gasteiger partial charge in [0.05, 0.1) is 11.4 Å². The van der Waals surface area contributed by atoms with E-state index in [1.807, 2.05) is 30.3 Å². The fraction of sp³-hybridized carbons (Fsp3) is 0.389. The van der Waals surface area contributed by atoms with Crippen molar-refractivity contribution in [2.75, 3.05) is 37.9 Å². The van der Waals surface area contributed by atoms with Gasteiger partial charge in [-0.2, -0.15) is 22.1 Å². The van der Waals surface area contributed by atoms with Crippen LogP contribution in [0.2, 0.25) is 0 Å². The number of para-hydroxylation sites is 1. The van der Waals surface area contributed by atoms with Crippen LogP contribution >= 0.6 is 11.8 Å². The lowest BCUT2D eigenvalue weighted by Crippen LogP contribution is -2.38. The van der Waals surface area contributed by atoms with Crippen molar-refractivity contribution in [1.82, 2.24) is 20.4 Å². The Morgan fingerprint density at radius 1 is 1.31 bits per heavy atom. The lowest BCUT2D eigenvalue weighted by atomic mass is 10.1. The number of nitriles is 1. The second-order valence-electron chi connectivity index (χ2n) is 5.59. The maximum Gasteiger partial charge on any atom is 0.191 e. The Kier molecular flexibility index (Phi) is 7.83. The van der Waals surface area contributed by atoms with Crippen LogP contribution in [0.1, 0.15) is 17.7 Å². The Bertz CT molecular complexity index is 762. The smallest absolute Gasteiger partial charge is 0.191 e. The first-order valence-electron chi connectivity index (χ1n) is 8.47. The third-order valence-corrected chi connectivity index (χ3v) is 4.42. The van der Waals surface area contributed by atoms with Gasteiger partial charge in [0.2, 0.25) is 0 Å². The molecule has 0 atom stereocenters. The van der Waals surface area contributed by atoms with E-state index in [9.17, 15) is 5.26 Å². The summed E-state index contributed by atoms with van der Waals surface area (Å²) in [6.07, 6.45) is 3.57. The van der Waals surface area contributed by atoms with Gasteiger partial charge in [0, 0.05) is 25.9 Å². The fourth-order valence-corrected chi connectivity index (χ4v) is 2.80. The number of rotatable bonds is 8. The molecule has 8 heteroatoms. The zero-order valence-corrected chi connectivity index (χ0v) is 16.0. The maximum absolute atomic E-state index is 9.43. The molecular formula is C18H25N7S. The van der Waals surface area contributed by atoms with Crippen LogP contribution in [0, 0.1) is 11.3 Å². The second kappa shape index (κ2) is 10.4. The number of hydrogen-bond donors (Lipinski definition) is 3. The van der Waals surface area contributed by atoms with E-state index in [-0.39, 0.29) is 0 Å². The molecule has 0 saturated heterocycles. The molecule has 0 fully saturated rings. The predicted molar refractivity (Wildman–Crippen MR) is 109 cm³/mol. The molecule has 4 N–H and O–H groups in total. The van der Waals surface area contributed by atoms with Crippen LogP contribution in [0.3, 0.4) is 0 Å². The highest BCUT2D eigenvalue weighted by molar-refractivity contribution is 7.98. The average Bonchev–Trinajstić information content (AvgIpc) is 2.99. The molecule has 0 radical (unpaired) electrons. The predicted octanol–water partition coefficient (Wildman–Crippen LogP) is 1.79. The quantitative estimate of drug-likeness (QED) is 0.371. The summed E-state index contributed by atoms with van der Waals surface area (Å²) in [5.41, 5.74) is 8.15. The van der Waals surface area contributed by atoms with E-state index >= 15 is 0 Å². The van der Waals surface area contributed by atoms with E-state index in [4.69, 9.17) is 5.73 Å². The van der Waals surface area contributed by atoms with Crippen molar-refractivity contribution in [3.63, 3.8) is 0 Å². The summed E-state index contributed by atoms with van der Waals surface area (Å²) in [5, 5.41) is 20.5. The minimum absolute atomic E-state index is 0.385. The van der Waals surface area contributed by atoms with Crippen molar-refractivity contribution in [3.05, 3.63) is 41.6 Å². The molecule has 0 aliphatic carbocycles. The number of anilines is 1. The lowest BCUT2D eigenvalue weighted by molar-refractivity contribution is 0.726.